The Morgan fingerprint density at radius 2 is 1.73 bits per heavy atom. The van der Waals surface area contributed by atoms with Crippen molar-refractivity contribution in [2.75, 3.05) is 40.0 Å². The third kappa shape index (κ3) is 5.25. The van der Waals surface area contributed by atoms with E-state index in [0.717, 1.165) is 19.3 Å². The third-order valence-electron chi connectivity index (χ3n) is 5.86. The number of carbonyl (C=O) groups is 1. The summed E-state index contributed by atoms with van der Waals surface area (Å²) in [5, 5.41) is 3.01. The zero-order valence-corrected chi connectivity index (χ0v) is 18.7. The summed E-state index contributed by atoms with van der Waals surface area (Å²) in [6.07, 6.45) is 3.79. The van der Waals surface area contributed by atoms with Crippen LogP contribution < -0.4 is 10.1 Å². The number of nitrogens with one attached hydrogen (secondary N) is 1. The molecule has 2 saturated heterocycles. The van der Waals surface area contributed by atoms with Crippen LogP contribution in [0.15, 0.2) is 29.2 Å². The average Bonchev–Trinajstić information content (AvgIpc) is 2.79. The molecule has 2 aliphatic heterocycles. The summed E-state index contributed by atoms with van der Waals surface area (Å²) in [5.74, 6) is 0.623. The van der Waals surface area contributed by atoms with Gasteiger partial charge in [-0.3, -0.25) is 0 Å². The minimum absolute atomic E-state index is 0.0345. The van der Waals surface area contributed by atoms with Crippen molar-refractivity contribution in [2.24, 2.45) is 0 Å². The van der Waals surface area contributed by atoms with Gasteiger partial charge < -0.3 is 19.7 Å². The molecule has 0 radical (unpaired) electrons. The Morgan fingerprint density at radius 1 is 1.13 bits per heavy atom. The van der Waals surface area contributed by atoms with Gasteiger partial charge >= 0.3 is 6.03 Å². The van der Waals surface area contributed by atoms with Gasteiger partial charge in [-0.15, -0.1) is 0 Å². The number of piperidine rings is 1. The summed E-state index contributed by atoms with van der Waals surface area (Å²) in [5.41, 5.74) is 0. The number of hydrogen-bond donors (Lipinski definition) is 1. The molecule has 0 saturated carbocycles. The summed E-state index contributed by atoms with van der Waals surface area (Å²) < 4.78 is 38.1. The first kappa shape index (κ1) is 22.8. The Labute approximate surface area is 179 Å². The number of rotatable bonds is 7. The molecule has 1 N–H and O–H groups in total. The molecule has 0 bridgehead atoms. The Bertz CT molecular complexity index is 785. The fourth-order valence-corrected chi connectivity index (χ4v) is 5.64. The lowest BCUT2D eigenvalue weighted by molar-refractivity contribution is 0.0255. The van der Waals surface area contributed by atoms with Crippen LogP contribution in [0.2, 0.25) is 0 Å². The number of amides is 2. The number of ether oxygens (including phenoxy) is 2. The fourth-order valence-electron chi connectivity index (χ4n) is 4.17. The van der Waals surface area contributed by atoms with Crippen molar-refractivity contribution in [3.63, 3.8) is 0 Å². The summed E-state index contributed by atoms with van der Waals surface area (Å²) in [6, 6.07) is 6.60. The first-order valence-electron chi connectivity index (χ1n) is 10.8. The molecule has 2 aliphatic rings. The van der Waals surface area contributed by atoms with E-state index in [4.69, 9.17) is 9.47 Å². The van der Waals surface area contributed by atoms with E-state index in [1.165, 1.54) is 4.31 Å². The van der Waals surface area contributed by atoms with E-state index >= 15 is 0 Å². The van der Waals surface area contributed by atoms with Crippen molar-refractivity contribution in [2.45, 2.75) is 56.0 Å². The first-order chi connectivity index (χ1) is 14.5. The largest absolute Gasteiger partial charge is 0.497 e. The molecule has 2 fully saturated rings. The minimum Gasteiger partial charge on any atom is -0.497 e. The minimum atomic E-state index is -3.56. The van der Waals surface area contributed by atoms with E-state index in [0.29, 0.717) is 51.4 Å². The van der Waals surface area contributed by atoms with Crippen LogP contribution in [0.4, 0.5) is 4.79 Å². The second kappa shape index (κ2) is 10.5. The van der Waals surface area contributed by atoms with Gasteiger partial charge in [-0.25, -0.2) is 13.2 Å². The van der Waals surface area contributed by atoms with Crippen molar-refractivity contribution in [1.82, 2.24) is 14.5 Å². The highest BCUT2D eigenvalue weighted by Crippen LogP contribution is 2.27. The Balaban J connectivity index is 1.68. The second-order valence-corrected chi connectivity index (χ2v) is 9.73. The predicted octanol–water partition coefficient (Wildman–Crippen LogP) is 2.45. The lowest BCUT2D eigenvalue weighted by Crippen LogP contribution is -2.56. The maximum absolute atomic E-state index is 13.0. The van der Waals surface area contributed by atoms with Crippen LogP contribution in [0.3, 0.4) is 0 Å². The Morgan fingerprint density at radius 3 is 2.30 bits per heavy atom. The number of methoxy groups -OCH3 is 1. The van der Waals surface area contributed by atoms with Gasteiger partial charge in [-0.2, -0.15) is 4.31 Å². The lowest BCUT2D eigenvalue weighted by Gasteiger charge is -2.43. The average molecular weight is 440 g/mol. The summed E-state index contributed by atoms with van der Waals surface area (Å²) in [4.78, 5) is 15.1. The van der Waals surface area contributed by atoms with Crippen molar-refractivity contribution in [3.05, 3.63) is 24.3 Å². The van der Waals surface area contributed by atoms with Gasteiger partial charge in [0.15, 0.2) is 0 Å². The highest BCUT2D eigenvalue weighted by Gasteiger charge is 2.36. The van der Waals surface area contributed by atoms with E-state index in [2.05, 4.69) is 5.32 Å². The third-order valence-corrected chi connectivity index (χ3v) is 7.77. The molecule has 0 aliphatic carbocycles. The van der Waals surface area contributed by atoms with E-state index in [1.807, 2.05) is 11.8 Å². The predicted molar refractivity (Wildman–Crippen MR) is 114 cm³/mol. The van der Waals surface area contributed by atoms with Crippen LogP contribution in [0.25, 0.3) is 0 Å². The smallest absolute Gasteiger partial charge is 0.317 e. The number of carbonyl (C=O) groups excluding carboxylic acids is 1. The van der Waals surface area contributed by atoms with Crippen LogP contribution in [-0.4, -0.2) is 75.7 Å². The van der Waals surface area contributed by atoms with Crippen LogP contribution in [0.5, 0.6) is 5.75 Å². The quantitative estimate of drug-likeness (QED) is 0.705. The molecule has 1 aromatic carbocycles. The Hall–Kier alpha value is -1.84. The van der Waals surface area contributed by atoms with Gasteiger partial charge in [0, 0.05) is 44.9 Å². The molecule has 2 amide bonds. The van der Waals surface area contributed by atoms with Gasteiger partial charge in [0.1, 0.15) is 5.75 Å². The molecule has 0 aromatic heterocycles. The lowest BCUT2D eigenvalue weighted by atomic mass is 9.99. The molecule has 3 rings (SSSR count). The van der Waals surface area contributed by atoms with E-state index < -0.39 is 10.0 Å². The van der Waals surface area contributed by atoms with Gasteiger partial charge in [0.25, 0.3) is 0 Å². The molecule has 0 spiro atoms. The maximum Gasteiger partial charge on any atom is 0.317 e. The van der Waals surface area contributed by atoms with Crippen LogP contribution >= 0.6 is 0 Å². The van der Waals surface area contributed by atoms with Gasteiger partial charge in [0.05, 0.1) is 12.0 Å². The molecule has 0 atom stereocenters. The normalized spacial score (nSPS) is 19.4. The zero-order chi connectivity index (χ0) is 21.6. The Kier molecular flexibility index (Phi) is 7.96. The van der Waals surface area contributed by atoms with E-state index in [-0.39, 0.29) is 23.0 Å². The second-order valence-electron chi connectivity index (χ2n) is 7.79. The number of hydrogen-bond acceptors (Lipinski definition) is 5. The SMILES string of the molecule is CCCNC(=O)N(C1CCOCC1)C1CCN(S(=O)(=O)c2ccc(OC)cc2)CC1. The summed E-state index contributed by atoms with van der Waals surface area (Å²) in [7, 11) is -2.01. The first-order valence-corrected chi connectivity index (χ1v) is 12.2. The molecule has 9 heteroatoms. The molecule has 1 aromatic rings. The summed E-state index contributed by atoms with van der Waals surface area (Å²) >= 11 is 0. The van der Waals surface area contributed by atoms with Crippen LogP contribution in [0.1, 0.15) is 39.0 Å². The molecule has 0 unspecified atom stereocenters. The standard InChI is InChI=1S/C21H33N3O5S/c1-3-12-22-21(25)24(18-10-15-29-16-11-18)17-8-13-23(14-9-17)30(26,27)20-6-4-19(28-2)5-7-20/h4-7,17-18H,3,8-16H2,1-2H3,(H,22,25). The molecular weight excluding hydrogens is 406 g/mol. The van der Waals surface area contributed by atoms with Gasteiger partial charge in [-0.1, -0.05) is 6.92 Å². The molecule has 30 heavy (non-hydrogen) atoms. The van der Waals surface area contributed by atoms with Gasteiger partial charge in [-0.05, 0) is 56.4 Å². The number of nitrogens with zero attached hydrogens (tertiary/aromatic N) is 2. The topological polar surface area (TPSA) is 88.2 Å². The number of urea groups is 1. The van der Waals surface area contributed by atoms with Crippen molar-refractivity contribution >= 4 is 16.1 Å². The monoisotopic (exact) mass is 439 g/mol. The highest BCUT2D eigenvalue weighted by atomic mass is 32.2. The number of sulfonamides is 1. The van der Waals surface area contributed by atoms with Crippen molar-refractivity contribution < 1.29 is 22.7 Å². The highest BCUT2D eigenvalue weighted by molar-refractivity contribution is 7.89. The molecule has 2 heterocycles. The van der Waals surface area contributed by atoms with Crippen molar-refractivity contribution in [1.29, 1.82) is 0 Å². The van der Waals surface area contributed by atoms with Crippen LogP contribution in [-0.2, 0) is 14.8 Å². The fraction of sp³-hybridized carbons (Fsp3) is 0.667. The van der Waals surface area contributed by atoms with E-state index in [1.54, 1.807) is 31.4 Å². The number of benzene rings is 1. The maximum atomic E-state index is 13.0. The van der Waals surface area contributed by atoms with Gasteiger partial charge in [0.2, 0.25) is 10.0 Å². The zero-order valence-electron chi connectivity index (χ0n) is 17.9. The molecular formula is C21H33N3O5S. The molecule has 168 valence electrons. The van der Waals surface area contributed by atoms with Crippen molar-refractivity contribution in [3.8, 4) is 5.75 Å². The van der Waals surface area contributed by atoms with E-state index in [9.17, 15) is 13.2 Å². The molecule has 8 nitrogen and oxygen atoms in total. The van der Waals surface area contributed by atoms with Crippen LogP contribution in [0, 0.1) is 0 Å². The summed E-state index contributed by atoms with van der Waals surface area (Å²) in [6.45, 7) is 4.80.